The third-order valence-electron chi connectivity index (χ3n) is 4.92. The average Bonchev–Trinajstić information content (AvgIpc) is 2.83. The second-order valence-corrected chi connectivity index (χ2v) is 8.30. The first kappa shape index (κ1) is 24.1. The van der Waals surface area contributed by atoms with Gasteiger partial charge in [0.25, 0.3) is 5.91 Å². The summed E-state index contributed by atoms with van der Waals surface area (Å²) in [5.74, 6) is 0.685. The number of amides is 1. The van der Waals surface area contributed by atoms with Crippen LogP contribution < -0.4 is 10.2 Å². The highest BCUT2D eigenvalue weighted by molar-refractivity contribution is 9.10. The minimum Gasteiger partial charge on any atom is -0.507 e. The van der Waals surface area contributed by atoms with E-state index < -0.39 is 5.91 Å². The second-order valence-electron chi connectivity index (χ2n) is 7.38. The van der Waals surface area contributed by atoms with Crippen molar-refractivity contribution in [1.82, 2.24) is 5.43 Å². The Balaban J connectivity index is 1.53. The molecule has 0 fully saturated rings. The van der Waals surface area contributed by atoms with Gasteiger partial charge in [-0.05, 0) is 66.4 Å². The fourth-order valence-electron chi connectivity index (χ4n) is 2.84. The predicted octanol–water partition coefficient (Wildman–Crippen LogP) is 6.61. The number of carbonyl (C=O) groups is 1. The van der Waals surface area contributed by atoms with Crippen molar-refractivity contribution in [2.75, 3.05) is 6.61 Å². The Labute approximate surface area is 201 Å². The number of hydrogen-bond donors (Lipinski definition) is 2. The van der Waals surface area contributed by atoms with Gasteiger partial charge >= 0.3 is 0 Å². The van der Waals surface area contributed by atoms with Gasteiger partial charge in [-0.15, -0.1) is 0 Å². The highest BCUT2D eigenvalue weighted by Crippen LogP contribution is 2.25. The Morgan fingerprint density at radius 2 is 1.82 bits per heavy atom. The van der Waals surface area contributed by atoms with Crippen LogP contribution in [0.2, 0.25) is 0 Å². The second kappa shape index (κ2) is 11.9. The summed E-state index contributed by atoms with van der Waals surface area (Å²) >= 11 is 3.39. The Bertz CT molecular complexity index is 1150. The molecule has 8 heteroatoms. The summed E-state index contributed by atoms with van der Waals surface area (Å²) in [6, 6.07) is 19.9. The smallest absolute Gasteiger partial charge is 0.277 e. The summed E-state index contributed by atoms with van der Waals surface area (Å²) < 4.78 is 6.40. The van der Waals surface area contributed by atoms with Gasteiger partial charge in [-0.3, -0.25) is 4.79 Å². The van der Waals surface area contributed by atoms with Gasteiger partial charge in [0.2, 0.25) is 0 Å². The normalized spacial score (nSPS) is 12.2. The maximum atomic E-state index is 12.0. The van der Waals surface area contributed by atoms with Crippen molar-refractivity contribution in [3.8, 4) is 11.5 Å². The van der Waals surface area contributed by atoms with Gasteiger partial charge in [0.15, 0.2) is 6.61 Å². The number of rotatable bonds is 9. The first-order valence-electron chi connectivity index (χ1n) is 10.5. The van der Waals surface area contributed by atoms with Gasteiger partial charge in [0.1, 0.15) is 11.5 Å². The number of ether oxygens (including phenoxy) is 1. The van der Waals surface area contributed by atoms with Crippen LogP contribution in [0.15, 0.2) is 86.5 Å². The minimum absolute atomic E-state index is 0.00653. The van der Waals surface area contributed by atoms with E-state index in [2.05, 4.69) is 50.5 Å². The number of benzene rings is 3. The predicted molar refractivity (Wildman–Crippen MR) is 133 cm³/mol. The molecule has 0 saturated heterocycles. The van der Waals surface area contributed by atoms with E-state index in [0.717, 1.165) is 10.9 Å². The van der Waals surface area contributed by atoms with Gasteiger partial charge in [-0.1, -0.05) is 48.0 Å². The van der Waals surface area contributed by atoms with Crippen molar-refractivity contribution in [3.05, 3.63) is 82.3 Å². The van der Waals surface area contributed by atoms with Crippen LogP contribution >= 0.6 is 15.9 Å². The van der Waals surface area contributed by atoms with Crippen molar-refractivity contribution in [2.45, 2.75) is 26.2 Å². The summed E-state index contributed by atoms with van der Waals surface area (Å²) in [6.07, 6.45) is 2.40. The highest BCUT2D eigenvalue weighted by Gasteiger charge is 2.05. The van der Waals surface area contributed by atoms with E-state index >= 15 is 0 Å². The number of phenols is 1. The fraction of sp³-hybridized carbons (Fsp3) is 0.200. The lowest BCUT2D eigenvalue weighted by Crippen LogP contribution is -2.24. The summed E-state index contributed by atoms with van der Waals surface area (Å²) in [5.41, 5.74) is 5.23. The summed E-state index contributed by atoms with van der Waals surface area (Å²) in [4.78, 5) is 12.0. The Morgan fingerprint density at radius 1 is 1.09 bits per heavy atom. The molecule has 0 radical (unpaired) electrons. The number of phenolic OH excluding ortho intramolecular Hbond substituents is 1. The number of carbonyl (C=O) groups excluding carboxylic acids is 1. The molecular weight excluding hydrogens is 484 g/mol. The van der Waals surface area contributed by atoms with E-state index in [9.17, 15) is 9.90 Å². The van der Waals surface area contributed by atoms with Crippen molar-refractivity contribution in [2.24, 2.45) is 15.3 Å². The molecule has 1 atom stereocenters. The van der Waals surface area contributed by atoms with Crippen LogP contribution in [0.25, 0.3) is 0 Å². The molecule has 3 aromatic carbocycles. The molecule has 7 nitrogen and oxygen atoms in total. The SMILES string of the molecule is CCC(C)c1ccc(OCC(=O)NN=Cc2cc(N=Nc3cccc(Br)c3)ccc2O)cc1. The third kappa shape index (κ3) is 7.54. The van der Waals surface area contributed by atoms with Crippen LogP contribution in [0.1, 0.15) is 37.3 Å². The molecule has 0 spiro atoms. The molecule has 3 rings (SSSR count). The van der Waals surface area contributed by atoms with E-state index in [4.69, 9.17) is 4.74 Å². The zero-order valence-corrected chi connectivity index (χ0v) is 20.0. The van der Waals surface area contributed by atoms with Crippen LogP contribution in [0.3, 0.4) is 0 Å². The van der Waals surface area contributed by atoms with Gasteiger partial charge in [-0.25, -0.2) is 5.43 Å². The third-order valence-corrected chi connectivity index (χ3v) is 5.42. The van der Waals surface area contributed by atoms with Crippen molar-refractivity contribution in [1.29, 1.82) is 0 Å². The minimum atomic E-state index is -0.415. The molecule has 170 valence electrons. The molecule has 0 aliphatic carbocycles. The average molecular weight is 509 g/mol. The van der Waals surface area contributed by atoms with Gasteiger partial charge < -0.3 is 9.84 Å². The monoisotopic (exact) mass is 508 g/mol. The summed E-state index contributed by atoms with van der Waals surface area (Å²) in [7, 11) is 0. The van der Waals surface area contributed by atoms with Crippen LogP contribution in [0.5, 0.6) is 11.5 Å². The first-order chi connectivity index (χ1) is 15.9. The lowest BCUT2D eigenvalue weighted by Gasteiger charge is -2.10. The molecule has 0 bridgehead atoms. The number of hydrogen-bond acceptors (Lipinski definition) is 6. The molecule has 0 aromatic heterocycles. The summed E-state index contributed by atoms with van der Waals surface area (Å²) in [5, 5.41) is 22.3. The lowest BCUT2D eigenvalue weighted by atomic mass is 9.99. The van der Waals surface area contributed by atoms with E-state index in [1.54, 1.807) is 12.1 Å². The lowest BCUT2D eigenvalue weighted by molar-refractivity contribution is -0.123. The molecule has 2 N–H and O–H groups in total. The number of halogens is 1. The quantitative estimate of drug-likeness (QED) is 0.193. The molecular formula is C25H25BrN4O3. The number of azo groups is 1. The van der Waals surface area contributed by atoms with Crippen LogP contribution in [0.4, 0.5) is 11.4 Å². The van der Waals surface area contributed by atoms with E-state index in [1.807, 2.05) is 48.5 Å². The van der Waals surface area contributed by atoms with E-state index in [0.29, 0.717) is 28.6 Å². The largest absolute Gasteiger partial charge is 0.507 e. The van der Waals surface area contributed by atoms with Gasteiger partial charge in [0, 0.05) is 10.0 Å². The number of aromatic hydroxyl groups is 1. The van der Waals surface area contributed by atoms with Crippen molar-refractivity contribution in [3.63, 3.8) is 0 Å². The topological polar surface area (TPSA) is 95.6 Å². The maximum absolute atomic E-state index is 12.0. The van der Waals surface area contributed by atoms with Gasteiger partial charge in [-0.2, -0.15) is 15.3 Å². The molecule has 3 aromatic rings. The highest BCUT2D eigenvalue weighted by atomic mass is 79.9. The molecule has 0 heterocycles. The maximum Gasteiger partial charge on any atom is 0.277 e. The molecule has 0 aliphatic heterocycles. The zero-order valence-electron chi connectivity index (χ0n) is 18.4. The van der Waals surface area contributed by atoms with Crippen LogP contribution in [-0.4, -0.2) is 23.8 Å². The van der Waals surface area contributed by atoms with Crippen LogP contribution in [-0.2, 0) is 4.79 Å². The molecule has 0 aliphatic rings. The Kier molecular flexibility index (Phi) is 8.71. The molecule has 33 heavy (non-hydrogen) atoms. The molecule has 1 amide bonds. The van der Waals surface area contributed by atoms with Gasteiger partial charge in [0.05, 0.1) is 17.6 Å². The molecule has 1 unspecified atom stereocenters. The van der Waals surface area contributed by atoms with Crippen LogP contribution in [0, 0.1) is 0 Å². The number of hydrazone groups is 1. The van der Waals surface area contributed by atoms with Crippen molar-refractivity contribution < 1.29 is 14.6 Å². The Hall–Kier alpha value is -3.52. The first-order valence-corrected chi connectivity index (χ1v) is 11.3. The zero-order chi connectivity index (χ0) is 23.6. The standard InChI is InChI=1S/C25H25BrN4O3/c1-3-17(2)18-7-10-23(11-8-18)33-16-25(32)30-27-15-19-13-22(9-12-24(19)31)29-28-21-6-4-5-20(26)14-21/h4-15,17,31H,3,16H2,1-2H3,(H,30,32). The fourth-order valence-corrected chi connectivity index (χ4v) is 3.23. The summed E-state index contributed by atoms with van der Waals surface area (Å²) in [6.45, 7) is 4.14. The number of nitrogens with zero attached hydrogens (tertiary/aromatic N) is 3. The van der Waals surface area contributed by atoms with Crippen molar-refractivity contribution >= 4 is 39.4 Å². The molecule has 0 saturated carbocycles. The van der Waals surface area contributed by atoms with E-state index in [1.165, 1.54) is 17.8 Å². The van der Waals surface area contributed by atoms with E-state index in [-0.39, 0.29) is 12.4 Å². The Morgan fingerprint density at radius 3 is 2.52 bits per heavy atom. The number of nitrogens with one attached hydrogen (secondary N) is 1.